The van der Waals surface area contributed by atoms with E-state index in [-0.39, 0.29) is 18.4 Å². The highest BCUT2D eigenvalue weighted by Crippen LogP contribution is 2.38. The molecule has 7 nitrogen and oxygen atoms in total. The van der Waals surface area contributed by atoms with Crippen molar-refractivity contribution in [2.45, 2.75) is 25.3 Å². The number of anilines is 2. The van der Waals surface area contributed by atoms with Crippen LogP contribution < -0.4 is 16.0 Å². The van der Waals surface area contributed by atoms with E-state index in [1.54, 1.807) is 12.4 Å². The predicted molar refractivity (Wildman–Crippen MR) is 92.1 cm³/mol. The summed E-state index contributed by atoms with van der Waals surface area (Å²) in [4.78, 5) is 21.4. The summed E-state index contributed by atoms with van der Waals surface area (Å²) in [6.07, 6.45) is 5.30. The summed E-state index contributed by atoms with van der Waals surface area (Å²) in [7, 11) is 0. The zero-order valence-corrected chi connectivity index (χ0v) is 14.1. The van der Waals surface area contributed by atoms with E-state index in [1.165, 1.54) is 0 Å². The first-order valence-corrected chi connectivity index (χ1v) is 8.22. The van der Waals surface area contributed by atoms with E-state index in [1.807, 2.05) is 6.07 Å². The number of amides is 1. The van der Waals surface area contributed by atoms with Crippen molar-refractivity contribution in [3.8, 4) is 6.07 Å². The molecule has 3 heterocycles. The standard InChI is InChI=1S/C15H17BrN6O/c16-10-6-19-15-13(11(7-20-15)21-12(23)3-4-17)14(10)22-5-1-2-9(18)8-22/h6-7,9H,1-3,5,8,18H2,(H,19,20)(H,21,23)/t9-/m1/s1. The van der Waals surface area contributed by atoms with Gasteiger partial charge in [-0.15, -0.1) is 0 Å². The molecule has 23 heavy (non-hydrogen) atoms. The van der Waals surface area contributed by atoms with Crippen LogP contribution in [-0.2, 0) is 4.79 Å². The van der Waals surface area contributed by atoms with Gasteiger partial charge in [-0.1, -0.05) is 0 Å². The van der Waals surface area contributed by atoms with Gasteiger partial charge in [-0.2, -0.15) is 5.26 Å². The van der Waals surface area contributed by atoms with Crippen molar-refractivity contribution < 1.29 is 4.79 Å². The van der Waals surface area contributed by atoms with Crippen molar-refractivity contribution in [1.29, 1.82) is 5.26 Å². The fourth-order valence-corrected chi connectivity index (χ4v) is 3.49. The highest BCUT2D eigenvalue weighted by Gasteiger charge is 2.23. The highest BCUT2D eigenvalue weighted by molar-refractivity contribution is 9.10. The Balaban J connectivity index is 2.05. The molecule has 0 aliphatic carbocycles. The van der Waals surface area contributed by atoms with E-state index >= 15 is 0 Å². The van der Waals surface area contributed by atoms with Crippen molar-refractivity contribution in [2.75, 3.05) is 23.3 Å². The van der Waals surface area contributed by atoms with Gasteiger partial charge in [0.1, 0.15) is 12.1 Å². The van der Waals surface area contributed by atoms with Gasteiger partial charge in [0.05, 0.1) is 27.3 Å². The number of carbonyl (C=O) groups is 1. The molecule has 0 aromatic carbocycles. The number of nitrogens with two attached hydrogens (primary N) is 1. The molecule has 1 aliphatic heterocycles. The normalized spacial score (nSPS) is 18.0. The van der Waals surface area contributed by atoms with Crippen molar-refractivity contribution in [1.82, 2.24) is 9.97 Å². The summed E-state index contributed by atoms with van der Waals surface area (Å²) in [6.45, 7) is 1.66. The number of fused-ring (bicyclic) bond motifs is 1. The van der Waals surface area contributed by atoms with Crippen LogP contribution in [-0.4, -0.2) is 35.0 Å². The fourth-order valence-electron chi connectivity index (χ4n) is 2.94. The van der Waals surface area contributed by atoms with E-state index in [9.17, 15) is 4.79 Å². The quantitative estimate of drug-likeness (QED) is 0.759. The third-order valence-corrected chi connectivity index (χ3v) is 4.50. The molecule has 1 fully saturated rings. The van der Waals surface area contributed by atoms with Gasteiger partial charge in [0.25, 0.3) is 0 Å². The van der Waals surface area contributed by atoms with Gasteiger partial charge < -0.3 is 20.9 Å². The van der Waals surface area contributed by atoms with E-state index in [2.05, 4.69) is 36.1 Å². The Bertz CT molecular complexity index is 780. The summed E-state index contributed by atoms with van der Waals surface area (Å²) in [5.41, 5.74) is 8.39. The molecule has 0 spiro atoms. The number of hydrogen-bond donors (Lipinski definition) is 3. The molecule has 4 N–H and O–H groups in total. The average molecular weight is 377 g/mol. The molecule has 0 saturated carbocycles. The number of piperidine rings is 1. The largest absolute Gasteiger partial charge is 0.368 e. The maximum Gasteiger partial charge on any atom is 0.238 e. The molecular weight excluding hydrogens is 360 g/mol. The molecule has 1 saturated heterocycles. The van der Waals surface area contributed by atoms with Crippen LogP contribution in [0.3, 0.4) is 0 Å². The Hall–Kier alpha value is -2.11. The molecule has 0 unspecified atom stereocenters. The van der Waals surface area contributed by atoms with Gasteiger partial charge in [0, 0.05) is 31.5 Å². The zero-order chi connectivity index (χ0) is 16.4. The predicted octanol–water partition coefficient (Wildman–Crippen LogP) is 2.11. The maximum atomic E-state index is 11.8. The number of aromatic amines is 1. The summed E-state index contributed by atoms with van der Waals surface area (Å²) in [5.74, 6) is -0.338. The molecule has 8 heteroatoms. The average Bonchev–Trinajstić information content (AvgIpc) is 2.90. The lowest BCUT2D eigenvalue weighted by atomic mass is 10.1. The van der Waals surface area contributed by atoms with Crippen molar-refractivity contribution in [2.24, 2.45) is 5.73 Å². The lowest BCUT2D eigenvalue weighted by molar-refractivity contribution is -0.115. The SMILES string of the molecule is N#CCC(=O)Nc1c[nH]c2ncc(Br)c(N3CCC[C@@H](N)C3)c12. The number of H-pyrrole nitrogens is 1. The summed E-state index contributed by atoms with van der Waals surface area (Å²) in [5, 5.41) is 12.3. The summed E-state index contributed by atoms with van der Waals surface area (Å²) >= 11 is 3.56. The molecule has 0 radical (unpaired) electrons. The molecule has 1 atom stereocenters. The van der Waals surface area contributed by atoms with Gasteiger partial charge in [-0.05, 0) is 28.8 Å². The van der Waals surface area contributed by atoms with Gasteiger partial charge >= 0.3 is 0 Å². The molecule has 120 valence electrons. The zero-order valence-electron chi connectivity index (χ0n) is 12.5. The van der Waals surface area contributed by atoms with Crippen molar-refractivity contribution in [3.63, 3.8) is 0 Å². The second kappa shape index (κ2) is 6.56. The number of carbonyl (C=O) groups excluding carboxylic acids is 1. The first-order valence-electron chi connectivity index (χ1n) is 7.43. The van der Waals surface area contributed by atoms with Gasteiger partial charge in [-0.25, -0.2) is 4.98 Å². The van der Waals surface area contributed by atoms with E-state index in [0.29, 0.717) is 11.3 Å². The molecule has 3 rings (SSSR count). The minimum Gasteiger partial charge on any atom is -0.368 e. The molecular formula is C15H17BrN6O. The Kier molecular flexibility index (Phi) is 4.50. The third-order valence-electron chi connectivity index (χ3n) is 3.92. The summed E-state index contributed by atoms with van der Waals surface area (Å²) in [6, 6.07) is 1.98. The van der Waals surface area contributed by atoms with Crippen LogP contribution in [0.5, 0.6) is 0 Å². The monoisotopic (exact) mass is 376 g/mol. The number of nitriles is 1. The van der Waals surface area contributed by atoms with Crippen LogP contribution in [0.2, 0.25) is 0 Å². The summed E-state index contributed by atoms with van der Waals surface area (Å²) < 4.78 is 0.856. The number of nitrogens with one attached hydrogen (secondary N) is 2. The molecule has 1 amide bonds. The van der Waals surface area contributed by atoms with Crippen molar-refractivity contribution in [3.05, 3.63) is 16.9 Å². The number of halogens is 1. The second-order valence-electron chi connectivity index (χ2n) is 5.61. The number of hydrogen-bond acceptors (Lipinski definition) is 5. The number of aromatic nitrogens is 2. The van der Waals surface area contributed by atoms with Crippen LogP contribution in [0.4, 0.5) is 11.4 Å². The number of pyridine rings is 1. The number of rotatable bonds is 3. The van der Waals surface area contributed by atoms with Gasteiger partial charge in [0.2, 0.25) is 5.91 Å². The van der Waals surface area contributed by atoms with Gasteiger partial charge in [-0.3, -0.25) is 4.79 Å². The van der Waals surface area contributed by atoms with Crippen LogP contribution in [0.1, 0.15) is 19.3 Å². The maximum absolute atomic E-state index is 11.8. The van der Waals surface area contributed by atoms with Crippen molar-refractivity contribution >= 4 is 44.2 Å². The minimum absolute atomic E-state index is 0.134. The molecule has 0 bridgehead atoms. The molecule has 2 aromatic rings. The highest BCUT2D eigenvalue weighted by atomic mass is 79.9. The van der Waals surface area contributed by atoms with E-state index < -0.39 is 0 Å². The first-order chi connectivity index (χ1) is 11.1. The van der Waals surface area contributed by atoms with Crippen LogP contribution in [0.15, 0.2) is 16.9 Å². The molecule has 2 aromatic heterocycles. The number of nitrogens with zero attached hydrogens (tertiary/aromatic N) is 3. The smallest absolute Gasteiger partial charge is 0.238 e. The molecule has 1 aliphatic rings. The van der Waals surface area contributed by atoms with Crippen LogP contribution in [0.25, 0.3) is 11.0 Å². The Labute approximate surface area is 142 Å². The van der Waals surface area contributed by atoms with Gasteiger partial charge in [0.15, 0.2) is 0 Å². The van der Waals surface area contributed by atoms with Crippen LogP contribution >= 0.6 is 15.9 Å². The Morgan fingerprint density at radius 2 is 2.48 bits per heavy atom. The Morgan fingerprint density at radius 1 is 1.65 bits per heavy atom. The lowest BCUT2D eigenvalue weighted by Crippen LogP contribution is -2.43. The Morgan fingerprint density at radius 3 is 3.22 bits per heavy atom. The lowest BCUT2D eigenvalue weighted by Gasteiger charge is -2.33. The van der Waals surface area contributed by atoms with Crippen LogP contribution in [0, 0.1) is 11.3 Å². The fraction of sp³-hybridized carbons (Fsp3) is 0.400. The first kappa shape index (κ1) is 15.8. The van der Waals surface area contributed by atoms with E-state index in [0.717, 1.165) is 41.5 Å². The minimum atomic E-state index is -0.338. The third kappa shape index (κ3) is 3.16. The second-order valence-corrected chi connectivity index (χ2v) is 6.47. The topological polar surface area (TPSA) is 111 Å². The van der Waals surface area contributed by atoms with E-state index in [4.69, 9.17) is 11.0 Å².